The van der Waals surface area contributed by atoms with E-state index in [1.807, 2.05) is 55.1 Å². The zero-order valence-corrected chi connectivity index (χ0v) is 17.6. The van der Waals surface area contributed by atoms with Crippen LogP contribution in [-0.2, 0) is 11.3 Å². The molecule has 1 aliphatic heterocycles. The summed E-state index contributed by atoms with van der Waals surface area (Å²) >= 11 is 2.02. The molecule has 5 heteroatoms. The number of hydrogen-bond donors (Lipinski definition) is 1. The molecular weight excluding hydrogens is 368 g/mol. The Morgan fingerprint density at radius 1 is 1.18 bits per heavy atom. The summed E-state index contributed by atoms with van der Waals surface area (Å²) < 4.78 is 5.39. The summed E-state index contributed by atoms with van der Waals surface area (Å²) in [6.07, 6.45) is 1.63. The number of rotatable bonds is 6. The van der Waals surface area contributed by atoms with Crippen LogP contribution in [0, 0.1) is 6.92 Å². The van der Waals surface area contributed by atoms with E-state index in [0.29, 0.717) is 0 Å². The maximum absolute atomic E-state index is 12.6. The van der Waals surface area contributed by atoms with Gasteiger partial charge in [-0.05, 0) is 42.7 Å². The lowest BCUT2D eigenvalue weighted by Gasteiger charge is -2.27. The van der Waals surface area contributed by atoms with E-state index < -0.39 is 0 Å². The number of nitrogens with zero attached hydrogens (tertiary/aromatic N) is 1. The fraction of sp³-hybridized carbons (Fsp3) is 0.348. The molecule has 1 aliphatic rings. The smallest absolute Gasteiger partial charge is 0.248 e. The first-order valence-electron chi connectivity index (χ1n) is 9.59. The van der Waals surface area contributed by atoms with Gasteiger partial charge in [0.1, 0.15) is 5.75 Å². The first-order chi connectivity index (χ1) is 13.6. The summed E-state index contributed by atoms with van der Waals surface area (Å²) in [7, 11) is 1.64. The van der Waals surface area contributed by atoms with Crippen LogP contribution in [0.5, 0.6) is 5.75 Å². The van der Waals surface area contributed by atoms with Crippen LogP contribution < -0.4 is 10.1 Å². The molecule has 0 saturated carbocycles. The molecular formula is C23H28N2O2S. The fourth-order valence-electron chi connectivity index (χ4n) is 3.40. The molecule has 3 rings (SSSR count). The average molecular weight is 397 g/mol. The van der Waals surface area contributed by atoms with Gasteiger partial charge in [-0.15, -0.1) is 0 Å². The Hall–Kier alpha value is -2.24. The number of ether oxygens (including phenoxy) is 1. The van der Waals surface area contributed by atoms with Gasteiger partial charge in [-0.3, -0.25) is 9.69 Å². The van der Waals surface area contributed by atoms with E-state index in [9.17, 15) is 4.79 Å². The van der Waals surface area contributed by atoms with Crippen LogP contribution in [0.15, 0.2) is 48.5 Å². The lowest BCUT2D eigenvalue weighted by Crippen LogP contribution is -2.32. The van der Waals surface area contributed by atoms with Crippen molar-refractivity contribution in [1.29, 1.82) is 0 Å². The molecule has 1 N–H and O–H groups in total. The molecule has 2 aromatic carbocycles. The van der Waals surface area contributed by atoms with Crippen molar-refractivity contribution in [3.05, 3.63) is 65.2 Å². The van der Waals surface area contributed by atoms with E-state index in [4.69, 9.17) is 4.74 Å². The van der Waals surface area contributed by atoms with E-state index in [2.05, 4.69) is 23.2 Å². The number of carbonyl (C=O) groups excluding carboxylic acids is 1. The number of benzene rings is 2. The fourth-order valence-corrected chi connectivity index (χ4v) is 4.38. The highest BCUT2D eigenvalue weighted by molar-refractivity contribution is 7.99. The number of nitrogens with one attached hydrogen (secondary N) is 1. The summed E-state index contributed by atoms with van der Waals surface area (Å²) in [6.45, 7) is 7.20. The average Bonchev–Trinajstić information content (AvgIpc) is 2.71. The Morgan fingerprint density at radius 3 is 2.68 bits per heavy atom. The number of allylic oxidation sites excluding steroid dienone is 1. The van der Waals surface area contributed by atoms with Gasteiger partial charge >= 0.3 is 0 Å². The molecule has 1 saturated heterocycles. The summed E-state index contributed by atoms with van der Waals surface area (Å²) in [5.41, 5.74) is 5.08. The topological polar surface area (TPSA) is 41.6 Å². The second-order valence-corrected chi connectivity index (χ2v) is 8.22. The second kappa shape index (κ2) is 9.80. The number of amides is 1. The van der Waals surface area contributed by atoms with Crippen molar-refractivity contribution in [2.75, 3.05) is 37.0 Å². The molecule has 148 valence electrons. The molecule has 1 fully saturated rings. The number of hydrogen-bond acceptors (Lipinski definition) is 4. The Balaban J connectivity index is 1.72. The number of anilines is 1. The van der Waals surface area contributed by atoms with E-state index in [-0.39, 0.29) is 5.91 Å². The summed E-state index contributed by atoms with van der Waals surface area (Å²) in [4.78, 5) is 15.1. The molecule has 4 nitrogen and oxygen atoms in total. The summed E-state index contributed by atoms with van der Waals surface area (Å²) in [5, 5.41) is 3.05. The predicted molar refractivity (Wildman–Crippen MR) is 119 cm³/mol. The summed E-state index contributed by atoms with van der Waals surface area (Å²) in [6, 6.07) is 13.9. The quantitative estimate of drug-likeness (QED) is 0.725. The molecule has 0 atom stereocenters. The molecule has 0 spiro atoms. The highest BCUT2D eigenvalue weighted by Gasteiger charge is 2.14. The highest BCUT2D eigenvalue weighted by atomic mass is 32.2. The normalized spacial score (nSPS) is 15.3. The van der Waals surface area contributed by atoms with Gasteiger partial charge < -0.3 is 10.1 Å². The van der Waals surface area contributed by atoms with Crippen LogP contribution in [0.25, 0.3) is 5.57 Å². The van der Waals surface area contributed by atoms with Crippen LogP contribution in [-0.4, -0.2) is 42.5 Å². The third-order valence-corrected chi connectivity index (χ3v) is 6.02. The minimum Gasteiger partial charge on any atom is -0.496 e. The Bertz CT molecular complexity index is 857. The SMILES string of the molecule is COc1ccccc1C(C)=CC(=O)Nc1cccc(CN2CCSCC2)c1C. The monoisotopic (exact) mass is 396 g/mol. The number of carbonyl (C=O) groups is 1. The van der Waals surface area contributed by atoms with Crippen LogP contribution in [0.2, 0.25) is 0 Å². The lowest BCUT2D eigenvalue weighted by atomic mass is 10.0. The van der Waals surface area contributed by atoms with Gasteiger partial charge in [0.15, 0.2) is 0 Å². The minimum atomic E-state index is -0.127. The van der Waals surface area contributed by atoms with Gasteiger partial charge in [-0.25, -0.2) is 0 Å². The highest BCUT2D eigenvalue weighted by Crippen LogP contribution is 2.26. The molecule has 1 heterocycles. The Morgan fingerprint density at radius 2 is 1.93 bits per heavy atom. The van der Waals surface area contributed by atoms with Crippen LogP contribution in [0.1, 0.15) is 23.6 Å². The largest absolute Gasteiger partial charge is 0.496 e. The van der Waals surface area contributed by atoms with Crippen molar-refractivity contribution in [3.8, 4) is 5.75 Å². The van der Waals surface area contributed by atoms with E-state index in [1.165, 1.54) is 17.1 Å². The van der Waals surface area contributed by atoms with E-state index in [0.717, 1.165) is 47.8 Å². The van der Waals surface area contributed by atoms with Gasteiger partial charge in [-0.2, -0.15) is 11.8 Å². The number of thioether (sulfide) groups is 1. The van der Waals surface area contributed by atoms with Gasteiger partial charge in [0.05, 0.1) is 7.11 Å². The zero-order valence-electron chi connectivity index (χ0n) is 16.8. The lowest BCUT2D eigenvalue weighted by molar-refractivity contribution is -0.111. The van der Waals surface area contributed by atoms with Crippen molar-refractivity contribution in [3.63, 3.8) is 0 Å². The van der Waals surface area contributed by atoms with Crippen LogP contribution in [0.3, 0.4) is 0 Å². The Kier molecular flexibility index (Phi) is 7.18. The molecule has 2 aromatic rings. The molecule has 0 bridgehead atoms. The zero-order chi connectivity index (χ0) is 19.9. The standard InChI is InChI=1S/C23H28N2O2S/c1-17(20-8-4-5-10-22(20)27-3)15-23(26)24-21-9-6-7-19(18(21)2)16-25-11-13-28-14-12-25/h4-10,15H,11-14,16H2,1-3H3,(H,24,26). The summed E-state index contributed by atoms with van der Waals surface area (Å²) in [5.74, 6) is 3.03. The maximum atomic E-state index is 12.6. The van der Waals surface area contributed by atoms with Gasteiger partial charge in [0.25, 0.3) is 0 Å². The molecule has 0 radical (unpaired) electrons. The molecule has 1 amide bonds. The van der Waals surface area contributed by atoms with Crippen LogP contribution in [0.4, 0.5) is 5.69 Å². The van der Waals surface area contributed by atoms with Crippen molar-refractivity contribution in [2.24, 2.45) is 0 Å². The van der Waals surface area contributed by atoms with Gasteiger partial charge in [0, 0.05) is 48.5 Å². The Labute approximate surface area is 172 Å². The van der Waals surface area contributed by atoms with Crippen molar-refractivity contribution in [1.82, 2.24) is 4.90 Å². The van der Waals surface area contributed by atoms with Gasteiger partial charge in [-0.1, -0.05) is 30.3 Å². The minimum absolute atomic E-state index is 0.127. The predicted octanol–water partition coefficient (Wildman–Crippen LogP) is 4.59. The molecule has 0 aromatic heterocycles. The molecule has 0 unspecified atom stereocenters. The molecule has 28 heavy (non-hydrogen) atoms. The van der Waals surface area contributed by atoms with Crippen molar-refractivity contribution < 1.29 is 9.53 Å². The first-order valence-corrected chi connectivity index (χ1v) is 10.7. The van der Waals surface area contributed by atoms with E-state index in [1.54, 1.807) is 13.2 Å². The second-order valence-electron chi connectivity index (χ2n) is 7.00. The van der Waals surface area contributed by atoms with Gasteiger partial charge in [0.2, 0.25) is 5.91 Å². The first kappa shape index (κ1) is 20.5. The molecule has 0 aliphatic carbocycles. The van der Waals surface area contributed by atoms with Crippen molar-refractivity contribution >= 4 is 28.9 Å². The third-order valence-electron chi connectivity index (χ3n) is 5.08. The van der Waals surface area contributed by atoms with Crippen LogP contribution >= 0.6 is 11.8 Å². The maximum Gasteiger partial charge on any atom is 0.248 e. The van der Waals surface area contributed by atoms with E-state index >= 15 is 0 Å². The third kappa shape index (κ3) is 5.18. The van der Waals surface area contributed by atoms with Crippen molar-refractivity contribution in [2.45, 2.75) is 20.4 Å². The number of methoxy groups -OCH3 is 1. The number of para-hydroxylation sites is 1.